The van der Waals surface area contributed by atoms with E-state index in [0.717, 1.165) is 5.56 Å². The van der Waals surface area contributed by atoms with Crippen molar-refractivity contribution in [2.45, 2.75) is 0 Å². The lowest BCUT2D eigenvalue weighted by Crippen LogP contribution is -2.21. The fraction of sp³-hybridized carbons (Fsp3) is 0.100. The predicted molar refractivity (Wildman–Crippen MR) is 111 cm³/mol. The quantitative estimate of drug-likeness (QED) is 0.563. The molecule has 0 radical (unpaired) electrons. The molecule has 0 aliphatic rings. The molecule has 0 bridgehead atoms. The third-order valence-electron chi connectivity index (χ3n) is 4.15. The van der Waals surface area contributed by atoms with Gasteiger partial charge in [-0.25, -0.2) is 9.97 Å². The number of nitrogen functional groups attached to an aromatic ring is 1. The predicted octanol–water partition coefficient (Wildman–Crippen LogP) is 3.03. The molecule has 0 spiro atoms. The Morgan fingerprint density at radius 1 is 1.00 bits per heavy atom. The van der Waals surface area contributed by atoms with Gasteiger partial charge in [0.25, 0.3) is 17.7 Å². The molecule has 0 fully saturated rings. The highest BCUT2D eigenvalue weighted by Crippen LogP contribution is 2.27. The summed E-state index contributed by atoms with van der Waals surface area (Å²) in [7, 11) is 3.41. The van der Waals surface area contributed by atoms with E-state index in [2.05, 4.69) is 25.1 Å². The average Bonchev–Trinajstić information content (AvgIpc) is 3.24. The van der Waals surface area contributed by atoms with Gasteiger partial charge in [-0.3, -0.25) is 9.78 Å². The van der Waals surface area contributed by atoms with Crippen LogP contribution in [0.2, 0.25) is 0 Å². The van der Waals surface area contributed by atoms with Crippen molar-refractivity contribution in [2.24, 2.45) is 0 Å². The van der Waals surface area contributed by atoms with Gasteiger partial charge in [-0.15, -0.1) is 10.2 Å². The number of amides is 1. The monoisotopic (exact) mass is 391 g/mol. The molecule has 0 aliphatic heterocycles. The third-order valence-corrected chi connectivity index (χ3v) is 4.15. The van der Waals surface area contributed by atoms with E-state index in [4.69, 9.17) is 10.2 Å². The molecule has 0 atom stereocenters. The number of carbonyl (C=O) groups is 1. The summed E-state index contributed by atoms with van der Waals surface area (Å²) in [6.07, 6.45) is 3.19. The number of benzene rings is 1. The minimum absolute atomic E-state index is 0. The standard InChI is InChI=1S/C20H17N7O2.2H2/c1-27(2)20(28)13-8-6-12(7-9-13)15-11-23-17(21)16(24-15)19-26-25-18(29-19)14-5-3-4-10-22-14;;/h3-11H,1-2H3,(H2,21,23);2*1H. The van der Waals surface area contributed by atoms with Gasteiger partial charge in [-0.1, -0.05) is 18.2 Å². The minimum atomic E-state index is -0.0754. The second-order valence-corrected chi connectivity index (χ2v) is 6.39. The van der Waals surface area contributed by atoms with Crippen LogP contribution in [0.3, 0.4) is 0 Å². The van der Waals surface area contributed by atoms with Crippen LogP contribution >= 0.6 is 0 Å². The summed E-state index contributed by atoms with van der Waals surface area (Å²) in [6, 6.07) is 12.5. The summed E-state index contributed by atoms with van der Waals surface area (Å²) in [5.74, 6) is 0.508. The Hall–Kier alpha value is -4.14. The van der Waals surface area contributed by atoms with Gasteiger partial charge in [0, 0.05) is 34.3 Å². The molecule has 4 aromatic rings. The third kappa shape index (κ3) is 3.65. The molecule has 9 heteroatoms. The summed E-state index contributed by atoms with van der Waals surface area (Å²) >= 11 is 0. The number of aromatic nitrogens is 5. The Morgan fingerprint density at radius 2 is 1.76 bits per heavy atom. The molecule has 2 N–H and O–H groups in total. The maximum absolute atomic E-state index is 12.0. The summed E-state index contributed by atoms with van der Waals surface area (Å²) in [4.78, 5) is 26.5. The van der Waals surface area contributed by atoms with E-state index >= 15 is 0 Å². The largest absolute Gasteiger partial charge is 0.413 e. The Bertz CT molecular complexity index is 1170. The molecular formula is C20H21N7O2. The number of carbonyl (C=O) groups excluding carboxylic acids is 1. The zero-order valence-electron chi connectivity index (χ0n) is 15.8. The lowest BCUT2D eigenvalue weighted by atomic mass is 10.1. The van der Waals surface area contributed by atoms with Crippen LogP contribution in [0.1, 0.15) is 13.2 Å². The van der Waals surface area contributed by atoms with Crippen LogP contribution < -0.4 is 5.73 Å². The van der Waals surface area contributed by atoms with E-state index < -0.39 is 0 Å². The molecule has 0 aliphatic carbocycles. The molecular weight excluding hydrogens is 370 g/mol. The first-order chi connectivity index (χ1) is 14.0. The van der Waals surface area contributed by atoms with Crippen molar-refractivity contribution in [3.8, 4) is 34.4 Å². The summed E-state index contributed by atoms with van der Waals surface area (Å²) < 4.78 is 5.69. The average molecular weight is 391 g/mol. The van der Waals surface area contributed by atoms with Crippen LogP contribution in [-0.2, 0) is 0 Å². The molecule has 0 saturated carbocycles. The smallest absolute Gasteiger partial charge is 0.270 e. The molecule has 29 heavy (non-hydrogen) atoms. The van der Waals surface area contributed by atoms with Crippen molar-refractivity contribution in [1.29, 1.82) is 0 Å². The summed E-state index contributed by atoms with van der Waals surface area (Å²) in [5, 5.41) is 8.04. The molecule has 4 rings (SSSR count). The van der Waals surface area contributed by atoms with Crippen LogP contribution in [0.4, 0.5) is 5.82 Å². The normalized spacial score (nSPS) is 10.7. The van der Waals surface area contributed by atoms with E-state index in [9.17, 15) is 4.79 Å². The number of rotatable bonds is 4. The second-order valence-electron chi connectivity index (χ2n) is 6.39. The van der Waals surface area contributed by atoms with Crippen molar-refractivity contribution in [2.75, 3.05) is 19.8 Å². The van der Waals surface area contributed by atoms with Gasteiger partial charge in [-0.2, -0.15) is 0 Å². The SMILES string of the molecule is CN(C)C(=O)c1ccc(-c2cnc(N)c(-c3nnc(-c4ccccn4)o3)n2)cc1.[HH].[HH]. The Balaban J connectivity index is 0.00000171. The van der Waals surface area contributed by atoms with Crippen LogP contribution in [0.25, 0.3) is 34.4 Å². The van der Waals surface area contributed by atoms with E-state index in [1.54, 1.807) is 62.9 Å². The molecule has 9 nitrogen and oxygen atoms in total. The Kier molecular flexibility index (Phi) is 4.70. The Morgan fingerprint density at radius 3 is 2.45 bits per heavy atom. The maximum Gasteiger partial charge on any atom is 0.270 e. The lowest BCUT2D eigenvalue weighted by Gasteiger charge is -2.10. The van der Waals surface area contributed by atoms with Gasteiger partial charge in [-0.05, 0) is 24.3 Å². The zero-order chi connectivity index (χ0) is 20.4. The highest BCUT2D eigenvalue weighted by atomic mass is 16.4. The van der Waals surface area contributed by atoms with Crippen LogP contribution in [0, 0.1) is 0 Å². The van der Waals surface area contributed by atoms with E-state index in [1.807, 2.05) is 6.07 Å². The summed E-state index contributed by atoms with van der Waals surface area (Å²) in [6.45, 7) is 0. The number of nitrogens with two attached hydrogens (primary N) is 1. The zero-order valence-corrected chi connectivity index (χ0v) is 15.8. The highest BCUT2D eigenvalue weighted by molar-refractivity contribution is 5.94. The number of nitrogens with zero attached hydrogens (tertiary/aromatic N) is 6. The van der Waals surface area contributed by atoms with Crippen LogP contribution in [0.5, 0.6) is 0 Å². The van der Waals surface area contributed by atoms with Crippen molar-refractivity contribution < 1.29 is 12.1 Å². The molecule has 3 heterocycles. The summed E-state index contributed by atoms with van der Waals surface area (Å²) in [5.41, 5.74) is 8.74. The molecule has 0 saturated heterocycles. The maximum atomic E-state index is 12.0. The number of pyridine rings is 1. The van der Waals surface area contributed by atoms with E-state index in [-0.39, 0.29) is 32.1 Å². The molecule has 148 valence electrons. The lowest BCUT2D eigenvalue weighted by molar-refractivity contribution is 0.0827. The van der Waals surface area contributed by atoms with Gasteiger partial charge in [0.2, 0.25) is 0 Å². The first-order valence-electron chi connectivity index (χ1n) is 8.73. The molecule has 0 unspecified atom stereocenters. The fourth-order valence-electron chi connectivity index (χ4n) is 2.65. The Labute approximate surface area is 169 Å². The number of hydrogen-bond donors (Lipinski definition) is 1. The van der Waals surface area contributed by atoms with Gasteiger partial charge in [0.1, 0.15) is 5.69 Å². The van der Waals surface area contributed by atoms with Gasteiger partial charge in [0.15, 0.2) is 11.5 Å². The van der Waals surface area contributed by atoms with E-state index in [0.29, 0.717) is 17.0 Å². The van der Waals surface area contributed by atoms with Crippen molar-refractivity contribution in [3.63, 3.8) is 0 Å². The van der Waals surface area contributed by atoms with Crippen molar-refractivity contribution in [3.05, 3.63) is 60.4 Å². The number of hydrogen-bond acceptors (Lipinski definition) is 8. The molecule has 1 amide bonds. The fourth-order valence-corrected chi connectivity index (χ4v) is 2.65. The van der Waals surface area contributed by atoms with Crippen LogP contribution in [0.15, 0.2) is 59.3 Å². The molecule has 1 aromatic carbocycles. The van der Waals surface area contributed by atoms with Gasteiger partial charge >= 0.3 is 0 Å². The second kappa shape index (κ2) is 7.47. The van der Waals surface area contributed by atoms with Crippen molar-refractivity contribution in [1.82, 2.24) is 30.0 Å². The first kappa shape index (κ1) is 18.2. The van der Waals surface area contributed by atoms with Crippen LogP contribution in [-0.4, -0.2) is 50.1 Å². The van der Waals surface area contributed by atoms with Crippen molar-refractivity contribution >= 4 is 11.7 Å². The minimum Gasteiger partial charge on any atom is -0.413 e. The van der Waals surface area contributed by atoms with Gasteiger partial charge < -0.3 is 15.1 Å². The number of anilines is 1. The first-order valence-corrected chi connectivity index (χ1v) is 8.73. The van der Waals surface area contributed by atoms with E-state index in [1.165, 1.54) is 4.90 Å². The van der Waals surface area contributed by atoms with Gasteiger partial charge in [0.05, 0.1) is 11.9 Å². The molecule has 3 aromatic heterocycles. The highest BCUT2D eigenvalue weighted by Gasteiger charge is 2.17. The topological polar surface area (TPSA) is 124 Å².